The van der Waals surface area contributed by atoms with Gasteiger partial charge in [-0.3, -0.25) is 9.78 Å². The molecular formula is C18H19N3O. The maximum Gasteiger partial charge on any atom is 0.277 e. The van der Waals surface area contributed by atoms with E-state index >= 15 is 0 Å². The Morgan fingerprint density at radius 3 is 3.09 bits per heavy atom. The molecule has 2 heterocycles. The molecule has 4 heteroatoms. The van der Waals surface area contributed by atoms with Crippen LogP contribution >= 0.6 is 0 Å². The predicted octanol–water partition coefficient (Wildman–Crippen LogP) is 3.27. The molecular weight excluding hydrogens is 274 g/mol. The number of carbonyl (C=O) groups is 1. The molecule has 1 aromatic heterocycles. The van der Waals surface area contributed by atoms with E-state index in [-0.39, 0.29) is 11.9 Å². The van der Waals surface area contributed by atoms with Crippen molar-refractivity contribution >= 4 is 17.3 Å². The summed E-state index contributed by atoms with van der Waals surface area (Å²) in [6.45, 7) is 6.40. The Bertz CT molecular complexity index is 711. The quantitative estimate of drug-likeness (QED) is 0.880. The summed E-state index contributed by atoms with van der Waals surface area (Å²) in [5, 5.41) is 3.18. The van der Waals surface area contributed by atoms with E-state index < -0.39 is 0 Å². The first-order valence-corrected chi connectivity index (χ1v) is 7.43. The van der Waals surface area contributed by atoms with Crippen LogP contribution in [0.25, 0.3) is 0 Å². The molecule has 4 nitrogen and oxygen atoms in total. The molecule has 1 aromatic carbocycles. The molecule has 3 rings (SSSR count). The van der Waals surface area contributed by atoms with Gasteiger partial charge in [0.15, 0.2) is 0 Å². The highest BCUT2D eigenvalue weighted by Gasteiger charge is 2.31. The van der Waals surface area contributed by atoms with Gasteiger partial charge in [-0.05, 0) is 37.1 Å². The number of anilines is 2. The predicted molar refractivity (Wildman–Crippen MR) is 89.3 cm³/mol. The van der Waals surface area contributed by atoms with E-state index in [1.807, 2.05) is 29.2 Å². The Balaban J connectivity index is 1.89. The van der Waals surface area contributed by atoms with Crippen LogP contribution in [0.5, 0.6) is 0 Å². The zero-order valence-corrected chi connectivity index (χ0v) is 12.6. The number of fused-ring (bicyclic) bond motifs is 1. The van der Waals surface area contributed by atoms with E-state index in [9.17, 15) is 4.79 Å². The van der Waals surface area contributed by atoms with Crippen molar-refractivity contribution in [3.63, 3.8) is 0 Å². The highest BCUT2D eigenvalue weighted by atomic mass is 16.2. The summed E-state index contributed by atoms with van der Waals surface area (Å²) in [5.74, 6) is -0.0558. The van der Waals surface area contributed by atoms with Crippen molar-refractivity contribution in [3.8, 4) is 0 Å². The van der Waals surface area contributed by atoms with E-state index in [2.05, 4.69) is 29.9 Å². The Morgan fingerprint density at radius 2 is 2.27 bits per heavy atom. The maximum atomic E-state index is 12.9. The minimum absolute atomic E-state index is 0.0558. The molecule has 0 saturated heterocycles. The van der Waals surface area contributed by atoms with Crippen LogP contribution in [-0.2, 0) is 6.42 Å². The molecule has 1 amide bonds. The topological polar surface area (TPSA) is 45.2 Å². The third-order valence-electron chi connectivity index (χ3n) is 3.86. The summed E-state index contributed by atoms with van der Waals surface area (Å²) >= 11 is 0. The fraction of sp³-hybridized carbons (Fsp3) is 0.222. The summed E-state index contributed by atoms with van der Waals surface area (Å²) in [5.41, 5.74) is 3.53. The molecule has 0 bridgehead atoms. The molecule has 1 aliphatic heterocycles. The number of amides is 1. The molecule has 0 aliphatic carbocycles. The van der Waals surface area contributed by atoms with Gasteiger partial charge in [-0.25, -0.2) is 0 Å². The van der Waals surface area contributed by atoms with Gasteiger partial charge in [0.2, 0.25) is 0 Å². The Morgan fingerprint density at radius 1 is 1.45 bits per heavy atom. The average Bonchev–Trinajstić information content (AvgIpc) is 2.88. The van der Waals surface area contributed by atoms with Crippen LogP contribution in [0.4, 0.5) is 11.4 Å². The standard InChI is InChI=1S/C18H19N3O/c1-3-9-19-15-8-10-20-16(12-15)18(22)21-13(2)11-14-6-4-5-7-17(14)21/h3-8,10,12-13H,1,9,11H2,2H3,(H,19,20). The number of para-hydroxylation sites is 1. The van der Waals surface area contributed by atoms with Crippen LogP contribution in [0.15, 0.2) is 55.3 Å². The first-order chi connectivity index (χ1) is 10.7. The molecule has 112 valence electrons. The van der Waals surface area contributed by atoms with Crippen LogP contribution < -0.4 is 10.2 Å². The van der Waals surface area contributed by atoms with Crippen molar-refractivity contribution in [2.75, 3.05) is 16.8 Å². The average molecular weight is 293 g/mol. The molecule has 22 heavy (non-hydrogen) atoms. The number of pyridine rings is 1. The second-order valence-corrected chi connectivity index (χ2v) is 5.46. The summed E-state index contributed by atoms with van der Waals surface area (Å²) in [6.07, 6.45) is 4.32. The van der Waals surface area contributed by atoms with Crippen molar-refractivity contribution in [2.45, 2.75) is 19.4 Å². The summed E-state index contributed by atoms with van der Waals surface area (Å²) < 4.78 is 0. The van der Waals surface area contributed by atoms with Crippen molar-refractivity contribution in [2.24, 2.45) is 0 Å². The third-order valence-corrected chi connectivity index (χ3v) is 3.86. The smallest absolute Gasteiger partial charge is 0.277 e. The highest BCUT2D eigenvalue weighted by molar-refractivity contribution is 6.06. The van der Waals surface area contributed by atoms with Gasteiger partial charge in [-0.2, -0.15) is 0 Å². The van der Waals surface area contributed by atoms with Crippen molar-refractivity contribution in [3.05, 3.63) is 66.5 Å². The zero-order chi connectivity index (χ0) is 15.5. The second kappa shape index (κ2) is 6.02. The lowest BCUT2D eigenvalue weighted by Crippen LogP contribution is -2.36. The van der Waals surface area contributed by atoms with Crippen molar-refractivity contribution < 1.29 is 4.79 Å². The SMILES string of the molecule is C=CCNc1ccnc(C(=O)N2c3ccccc3CC2C)c1. The second-order valence-electron chi connectivity index (χ2n) is 5.46. The molecule has 0 fully saturated rings. The fourth-order valence-electron chi connectivity index (χ4n) is 2.85. The van der Waals surface area contributed by atoms with E-state index in [1.165, 1.54) is 5.56 Å². The van der Waals surface area contributed by atoms with Gasteiger partial charge in [0.05, 0.1) is 0 Å². The van der Waals surface area contributed by atoms with Crippen molar-refractivity contribution in [1.29, 1.82) is 0 Å². The number of hydrogen-bond donors (Lipinski definition) is 1. The largest absolute Gasteiger partial charge is 0.381 e. The maximum absolute atomic E-state index is 12.9. The number of rotatable bonds is 4. The highest BCUT2D eigenvalue weighted by Crippen LogP contribution is 2.32. The van der Waals surface area contributed by atoms with Crippen LogP contribution in [0.2, 0.25) is 0 Å². The molecule has 0 spiro atoms. The molecule has 1 atom stereocenters. The Hall–Kier alpha value is -2.62. The van der Waals surface area contributed by atoms with Gasteiger partial charge in [-0.15, -0.1) is 6.58 Å². The molecule has 0 radical (unpaired) electrons. The summed E-state index contributed by atoms with van der Waals surface area (Å²) in [6, 6.07) is 11.8. The number of hydrogen-bond acceptors (Lipinski definition) is 3. The number of nitrogens with one attached hydrogen (secondary N) is 1. The monoisotopic (exact) mass is 293 g/mol. The first-order valence-electron chi connectivity index (χ1n) is 7.43. The molecule has 1 aliphatic rings. The molecule has 1 N–H and O–H groups in total. The van der Waals surface area contributed by atoms with Crippen LogP contribution in [-0.4, -0.2) is 23.5 Å². The van der Waals surface area contributed by atoms with E-state index in [1.54, 1.807) is 18.3 Å². The first kappa shape index (κ1) is 14.3. The van der Waals surface area contributed by atoms with Crippen molar-refractivity contribution in [1.82, 2.24) is 4.98 Å². The lowest BCUT2D eigenvalue weighted by Gasteiger charge is -2.22. The number of benzene rings is 1. The van der Waals surface area contributed by atoms with Gasteiger partial charge in [0.25, 0.3) is 5.91 Å². The molecule has 2 aromatic rings. The van der Waals surface area contributed by atoms with Gasteiger partial charge in [-0.1, -0.05) is 24.3 Å². The Labute approximate surface area is 130 Å². The van der Waals surface area contributed by atoms with Crippen LogP contribution in [0, 0.1) is 0 Å². The molecule has 1 unspecified atom stereocenters. The van der Waals surface area contributed by atoms with Gasteiger partial charge >= 0.3 is 0 Å². The Kier molecular flexibility index (Phi) is 3.92. The van der Waals surface area contributed by atoms with E-state index in [4.69, 9.17) is 0 Å². The zero-order valence-electron chi connectivity index (χ0n) is 12.6. The van der Waals surface area contributed by atoms with Crippen LogP contribution in [0.3, 0.4) is 0 Å². The van der Waals surface area contributed by atoms with E-state index in [0.717, 1.165) is 17.8 Å². The van der Waals surface area contributed by atoms with Crippen LogP contribution in [0.1, 0.15) is 23.0 Å². The van der Waals surface area contributed by atoms with Gasteiger partial charge < -0.3 is 10.2 Å². The lowest BCUT2D eigenvalue weighted by molar-refractivity contribution is 0.0976. The summed E-state index contributed by atoms with van der Waals surface area (Å²) in [4.78, 5) is 18.9. The third kappa shape index (κ3) is 2.60. The lowest BCUT2D eigenvalue weighted by atomic mass is 10.1. The normalized spacial score (nSPS) is 16.2. The molecule has 0 saturated carbocycles. The fourth-order valence-corrected chi connectivity index (χ4v) is 2.85. The number of carbonyl (C=O) groups excluding carboxylic acids is 1. The minimum Gasteiger partial charge on any atom is -0.381 e. The van der Waals surface area contributed by atoms with Gasteiger partial charge in [0, 0.05) is 30.2 Å². The van der Waals surface area contributed by atoms with Gasteiger partial charge in [0.1, 0.15) is 5.69 Å². The van der Waals surface area contributed by atoms with E-state index in [0.29, 0.717) is 12.2 Å². The minimum atomic E-state index is -0.0558. The number of nitrogens with zero attached hydrogens (tertiary/aromatic N) is 2. The number of aromatic nitrogens is 1. The summed E-state index contributed by atoms with van der Waals surface area (Å²) in [7, 11) is 0.